The van der Waals surface area contributed by atoms with E-state index in [9.17, 15) is 13.2 Å². The monoisotopic (exact) mass is 464 g/mol. The van der Waals surface area contributed by atoms with E-state index in [2.05, 4.69) is 5.32 Å². The molecule has 1 fully saturated rings. The molecule has 1 aliphatic rings. The van der Waals surface area contributed by atoms with Gasteiger partial charge in [-0.15, -0.1) is 0 Å². The second-order valence-corrected chi connectivity index (χ2v) is 10.2. The molecule has 1 aliphatic heterocycles. The van der Waals surface area contributed by atoms with Gasteiger partial charge in [0.2, 0.25) is 15.9 Å². The van der Waals surface area contributed by atoms with Crippen LogP contribution in [-0.4, -0.2) is 31.7 Å². The van der Waals surface area contributed by atoms with Gasteiger partial charge in [0.05, 0.1) is 5.75 Å². The summed E-state index contributed by atoms with van der Waals surface area (Å²) in [5.41, 5.74) is 2.56. The largest absolute Gasteiger partial charge is 0.489 e. The van der Waals surface area contributed by atoms with Crippen molar-refractivity contribution in [2.24, 2.45) is 5.92 Å². The smallest absolute Gasteiger partial charge is 0.227 e. The van der Waals surface area contributed by atoms with Gasteiger partial charge in [0.15, 0.2) is 0 Å². The highest BCUT2D eigenvalue weighted by Gasteiger charge is 2.31. The standard InChI is InChI=1S/C26H28N2O4S/c29-26(27-24-11-13-25(14-12-24)32-19-21-7-3-1-4-8-21)23-15-17-28(18-16-23)33(30,31)20-22-9-5-2-6-10-22/h1-14,23H,15-20H2,(H,27,29). The molecule has 3 aromatic carbocycles. The van der Waals surface area contributed by atoms with Crippen molar-refractivity contribution in [3.05, 3.63) is 96.1 Å². The first-order valence-electron chi connectivity index (χ1n) is 11.1. The molecule has 0 spiro atoms. The minimum absolute atomic E-state index is 0.0105. The predicted molar refractivity (Wildman–Crippen MR) is 129 cm³/mol. The number of benzene rings is 3. The van der Waals surface area contributed by atoms with Gasteiger partial charge in [0, 0.05) is 24.7 Å². The van der Waals surface area contributed by atoms with Gasteiger partial charge in [-0.2, -0.15) is 0 Å². The number of hydrogen-bond donors (Lipinski definition) is 1. The predicted octanol–water partition coefficient (Wildman–Crippen LogP) is 4.45. The van der Waals surface area contributed by atoms with E-state index in [0.717, 1.165) is 16.9 Å². The highest BCUT2D eigenvalue weighted by Crippen LogP contribution is 2.24. The molecule has 0 aromatic heterocycles. The molecular formula is C26H28N2O4S. The van der Waals surface area contributed by atoms with Gasteiger partial charge in [-0.1, -0.05) is 60.7 Å². The van der Waals surface area contributed by atoms with Crippen molar-refractivity contribution in [3.8, 4) is 5.75 Å². The number of ether oxygens (including phenoxy) is 1. The lowest BCUT2D eigenvalue weighted by Gasteiger charge is -2.30. The molecule has 1 amide bonds. The van der Waals surface area contributed by atoms with Crippen LogP contribution in [0.25, 0.3) is 0 Å². The lowest BCUT2D eigenvalue weighted by Crippen LogP contribution is -2.41. The Labute approximate surface area is 195 Å². The lowest BCUT2D eigenvalue weighted by molar-refractivity contribution is -0.120. The molecule has 33 heavy (non-hydrogen) atoms. The van der Waals surface area contributed by atoms with Crippen molar-refractivity contribution in [1.29, 1.82) is 0 Å². The summed E-state index contributed by atoms with van der Waals surface area (Å²) in [5, 5.41) is 2.94. The van der Waals surface area contributed by atoms with Crippen molar-refractivity contribution >= 4 is 21.6 Å². The summed E-state index contributed by atoms with van der Waals surface area (Å²) in [5.74, 6) is 0.438. The molecule has 172 valence electrons. The molecular weight excluding hydrogens is 436 g/mol. The fourth-order valence-corrected chi connectivity index (χ4v) is 5.46. The molecule has 0 atom stereocenters. The Kier molecular flexibility index (Phi) is 7.42. The number of anilines is 1. The van der Waals surface area contributed by atoms with E-state index < -0.39 is 10.0 Å². The molecule has 3 aromatic rings. The van der Waals surface area contributed by atoms with Crippen LogP contribution in [0.15, 0.2) is 84.9 Å². The molecule has 4 rings (SSSR count). The van der Waals surface area contributed by atoms with Gasteiger partial charge in [0.25, 0.3) is 0 Å². The average molecular weight is 465 g/mol. The summed E-state index contributed by atoms with van der Waals surface area (Å²) in [4.78, 5) is 12.7. The Morgan fingerprint density at radius 2 is 1.42 bits per heavy atom. The van der Waals surface area contributed by atoms with Gasteiger partial charge in [-0.05, 0) is 48.2 Å². The number of amides is 1. The SMILES string of the molecule is O=C(Nc1ccc(OCc2ccccc2)cc1)C1CCN(S(=O)(=O)Cc2ccccc2)CC1. The van der Waals surface area contributed by atoms with Crippen molar-refractivity contribution in [2.45, 2.75) is 25.2 Å². The van der Waals surface area contributed by atoms with Crippen molar-refractivity contribution in [2.75, 3.05) is 18.4 Å². The van der Waals surface area contributed by atoms with Gasteiger partial charge in [-0.25, -0.2) is 12.7 Å². The van der Waals surface area contributed by atoms with Crippen LogP contribution in [0.1, 0.15) is 24.0 Å². The Morgan fingerprint density at radius 1 is 0.848 bits per heavy atom. The molecule has 0 unspecified atom stereocenters. The zero-order valence-electron chi connectivity index (χ0n) is 18.4. The van der Waals surface area contributed by atoms with Gasteiger partial charge in [0.1, 0.15) is 12.4 Å². The maximum absolute atomic E-state index is 12.7. The number of sulfonamides is 1. The van der Waals surface area contributed by atoms with Crippen molar-refractivity contribution < 1.29 is 17.9 Å². The molecule has 1 heterocycles. The number of carbonyl (C=O) groups is 1. The molecule has 6 nitrogen and oxygen atoms in total. The van der Waals surface area contributed by atoms with E-state index in [1.807, 2.05) is 84.9 Å². The van der Waals surface area contributed by atoms with Gasteiger partial charge >= 0.3 is 0 Å². The Balaban J connectivity index is 1.25. The van der Waals surface area contributed by atoms with Crippen LogP contribution >= 0.6 is 0 Å². The van der Waals surface area contributed by atoms with Crippen LogP contribution in [0.2, 0.25) is 0 Å². The molecule has 0 aliphatic carbocycles. The number of piperidine rings is 1. The fraction of sp³-hybridized carbons (Fsp3) is 0.269. The zero-order valence-corrected chi connectivity index (χ0v) is 19.2. The number of hydrogen-bond acceptors (Lipinski definition) is 4. The minimum atomic E-state index is -3.39. The first kappa shape index (κ1) is 23.0. The van der Waals surface area contributed by atoms with E-state index in [1.54, 1.807) is 0 Å². The zero-order chi connectivity index (χ0) is 23.1. The van der Waals surface area contributed by atoms with Gasteiger partial charge in [-0.3, -0.25) is 4.79 Å². The third-order valence-corrected chi connectivity index (χ3v) is 7.63. The average Bonchev–Trinajstić information content (AvgIpc) is 2.85. The molecule has 1 N–H and O–H groups in total. The van der Waals surface area contributed by atoms with E-state index in [1.165, 1.54) is 4.31 Å². The second kappa shape index (κ2) is 10.6. The summed E-state index contributed by atoms with van der Waals surface area (Å²) < 4.78 is 32.7. The van der Waals surface area contributed by atoms with Crippen LogP contribution in [0, 0.1) is 5.92 Å². The van der Waals surface area contributed by atoms with E-state index >= 15 is 0 Å². The second-order valence-electron chi connectivity index (χ2n) is 8.20. The molecule has 0 saturated carbocycles. The lowest BCUT2D eigenvalue weighted by atomic mass is 9.97. The molecule has 0 bridgehead atoms. The first-order chi connectivity index (χ1) is 16.0. The van der Waals surface area contributed by atoms with E-state index in [4.69, 9.17) is 4.74 Å². The third kappa shape index (κ3) is 6.43. The van der Waals surface area contributed by atoms with E-state index in [0.29, 0.717) is 38.2 Å². The van der Waals surface area contributed by atoms with Crippen LogP contribution in [0.4, 0.5) is 5.69 Å². The molecule has 7 heteroatoms. The first-order valence-corrected chi connectivity index (χ1v) is 12.7. The highest BCUT2D eigenvalue weighted by atomic mass is 32.2. The maximum atomic E-state index is 12.7. The number of nitrogens with zero attached hydrogens (tertiary/aromatic N) is 1. The van der Waals surface area contributed by atoms with Crippen LogP contribution < -0.4 is 10.1 Å². The summed E-state index contributed by atoms with van der Waals surface area (Å²) in [6, 6.07) is 26.4. The number of rotatable bonds is 8. The summed E-state index contributed by atoms with van der Waals surface area (Å²) >= 11 is 0. The number of carbonyl (C=O) groups excluding carboxylic acids is 1. The van der Waals surface area contributed by atoms with Crippen molar-refractivity contribution in [1.82, 2.24) is 4.31 Å². The quantitative estimate of drug-likeness (QED) is 0.535. The maximum Gasteiger partial charge on any atom is 0.227 e. The minimum Gasteiger partial charge on any atom is -0.489 e. The topological polar surface area (TPSA) is 75.7 Å². The molecule has 0 radical (unpaired) electrons. The Hall–Kier alpha value is -3.16. The summed E-state index contributed by atoms with van der Waals surface area (Å²) in [7, 11) is -3.39. The van der Waals surface area contributed by atoms with Crippen LogP contribution in [0.5, 0.6) is 5.75 Å². The Bertz CT molecular complexity index is 1140. The third-order valence-electron chi connectivity index (χ3n) is 5.78. The normalized spacial score (nSPS) is 15.2. The Morgan fingerprint density at radius 3 is 2.03 bits per heavy atom. The van der Waals surface area contributed by atoms with Crippen LogP contribution in [-0.2, 0) is 27.2 Å². The summed E-state index contributed by atoms with van der Waals surface area (Å²) in [6.45, 7) is 1.21. The number of nitrogens with one attached hydrogen (secondary N) is 1. The van der Waals surface area contributed by atoms with Crippen LogP contribution in [0.3, 0.4) is 0 Å². The van der Waals surface area contributed by atoms with E-state index in [-0.39, 0.29) is 17.6 Å². The van der Waals surface area contributed by atoms with Gasteiger partial charge < -0.3 is 10.1 Å². The highest BCUT2D eigenvalue weighted by molar-refractivity contribution is 7.88. The molecule has 1 saturated heterocycles. The summed E-state index contributed by atoms with van der Waals surface area (Å²) in [6.07, 6.45) is 1.02. The van der Waals surface area contributed by atoms with Crippen molar-refractivity contribution in [3.63, 3.8) is 0 Å². The fourth-order valence-electron chi connectivity index (χ4n) is 3.89.